The highest BCUT2D eigenvalue weighted by molar-refractivity contribution is 6.32. The summed E-state index contributed by atoms with van der Waals surface area (Å²) in [5.74, 6) is -13.4. The number of hydrogen-bond acceptors (Lipinski definition) is 20. The molecule has 0 radical (unpaired) electrons. The fourth-order valence-electron chi connectivity index (χ4n) is 11.7. The maximum absolute atomic E-state index is 15.9. The van der Waals surface area contributed by atoms with Gasteiger partial charge >= 0.3 is 0 Å². The average Bonchev–Trinajstić information content (AvgIpc) is 0.776. The number of fused-ring (bicyclic) bond motifs is 14. The number of carbonyl (C=O) groups is 7. The molecule has 94 heavy (non-hydrogen) atoms. The molecule has 7 aliphatic rings. The van der Waals surface area contributed by atoms with Gasteiger partial charge in [0.2, 0.25) is 47.1 Å². The Morgan fingerprint density at radius 2 is 1.16 bits per heavy atom. The highest BCUT2D eigenvalue weighted by atomic mass is 35.5. The molecule has 14 rings (SSSR count). The minimum Gasteiger partial charge on any atom is -0.508 e. The Bertz CT molecular complexity index is 4270. The molecule has 7 heterocycles. The summed E-state index contributed by atoms with van der Waals surface area (Å²) in [5.41, 5.74) is 5.06. The van der Waals surface area contributed by atoms with Crippen molar-refractivity contribution in [2.45, 2.75) is 61.2 Å². The fraction of sp³-hybridized carbons (Fsp3) is 0.246. The van der Waals surface area contributed by atoms with Crippen LogP contribution >= 0.6 is 23.2 Å². The van der Waals surface area contributed by atoms with Crippen LogP contribution in [0.1, 0.15) is 81.7 Å². The number of halogens is 2. The molecule has 7 aliphatic heterocycles. The van der Waals surface area contributed by atoms with E-state index in [1.807, 2.05) is 0 Å². The molecule has 27 nitrogen and oxygen atoms in total. The van der Waals surface area contributed by atoms with Crippen molar-refractivity contribution in [1.29, 1.82) is 0 Å². The summed E-state index contributed by atoms with van der Waals surface area (Å²) in [6.07, 6.45) is -1.99. The van der Waals surface area contributed by atoms with Crippen LogP contribution < -0.4 is 57.2 Å². The molecule has 7 aromatic carbocycles. The second kappa shape index (κ2) is 26.2. The highest BCUT2D eigenvalue weighted by Crippen LogP contribution is 2.48. The summed E-state index contributed by atoms with van der Waals surface area (Å²) in [4.78, 5) is 108. The summed E-state index contributed by atoms with van der Waals surface area (Å²) < 4.78 is 24.0. The van der Waals surface area contributed by atoms with Crippen LogP contribution in [0.15, 0.2) is 115 Å². The van der Waals surface area contributed by atoms with Gasteiger partial charge in [-0.25, -0.2) is 0 Å². The van der Waals surface area contributed by atoms with Crippen molar-refractivity contribution in [1.82, 2.24) is 42.1 Å². The topological polar surface area (TPSA) is 411 Å². The Kier molecular flexibility index (Phi) is 17.7. The third-order valence-corrected chi connectivity index (χ3v) is 17.1. The van der Waals surface area contributed by atoms with E-state index in [1.165, 1.54) is 66.7 Å². The lowest BCUT2D eigenvalue weighted by atomic mass is 9.89. The number of amides is 7. The van der Waals surface area contributed by atoms with Gasteiger partial charge in [-0.05, 0) is 131 Å². The Morgan fingerprint density at radius 3 is 1.86 bits per heavy atom. The molecular formula is C65H59Cl2N9O18. The van der Waals surface area contributed by atoms with E-state index in [-0.39, 0.29) is 90.5 Å². The molecule has 0 unspecified atom stereocenters. The number of benzene rings is 7. The zero-order valence-corrected chi connectivity index (χ0v) is 50.7. The maximum Gasteiger partial charge on any atom is 0.248 e. The second-order valence-corrected chi connectivity index (χ2v) is 23.7. The molecule has 1 fully saturated rings. The number of aliphatic hydroxyl groups excluding tert-OH is 1. The Labute approximate surface area is 543 Å². The molecule has 8 atom stereocenters. The van der Waals surface area contributed by atoms with E-state index < -0.39 is 136 Å². The van der Waals surface area contributed by atoms with Crippen LogP contribution in [0, 0.1) is 0 Å². The standard InChI is InChI=1S/C65H59Cl2N9O18/c66-39-16-28-2-8-45(39)93-48-23-33-24-49(58(48)83)94-46-9-5-31(21-40(46)67)57(82)56-65(90)74-55(61(86)69-10-1-11-76-12-14-91-15-13-76)38-26-35(78)27-44(81)50(38)37-20-30(4-6-42(37)79)52(62(87)75-56)72-64(89)54(33)73-63(88)53-32-18-34(77)25-36(19-32)92-47-22-29(3-7-43(47)80)51(68)60(85)70-41(17-28)59(84)71-53/h2-9,16,18-27,41,51-57,77-83H,1,10-15,17,68H2,(H,69,86)(H,70,85)(H,71,84)(H,72,89)(H,73,88)(H,74,90)(H,75,87)/t41-,51-,52-,53+,54-,55+,56+,57-/m1/s1. The predicted molar refractivity (Wildman–Crippen MR) is 332 cm³/mol. The van der Waals surface area contributed by atoms with Gasteiger partial charge < -0.3 is 97.6 Å². The fourth-order valence-corrected chi connectivity index (χ4v) is 12.1. The van der Waals surface area contributed by atoms with Gasteiger partial charge in [-0.2, -0.15) is 0 Å². The van der Waals surface area contributed by atoms with Gasteiger partial charge in [0.05, 0.1) is 23.3 Å². The van der Waals surface area contributed by atoms with Gasteiger partial charge in [-0.15, -0.1) is 0 Å². The van der Waals surface area contributed by atoms with Gasteiger partial charge in [0.1, 0.15) is 88.6 Å². The molecule has 0 aromatic heterocycles. The van der Waals surface area contributed by atoms with Crippen LogP contribution in [0.25, 0.3) is 11.1 Å². The highest BCUT2D eigenvalue weighted by Gasteiger charge is 2.41. The van der Waals surface area contributed by atoms with Gasteiger partial charge in [-0.1, -0.05) is 47.5 Å². The molecule has 16 N–H and O–H groups in total. The average molecular weight is 1330 g/mol. The van der Waals surface area contributed by atoms with Gasteiger partial charge in [0.15, 0.2) is 23.0 Å². The molecule has 29 heteroatoms. The van der Waals surface area contributed by atoms with Crippen LogP contribution in [-0.2, 0) is 44.7 Å². The summed E-state index contributed by atoms with van der Waals surface area (Å²) in [6.45, 7) is 2.97. The number of phenolic OH excluding ortho intramolecular Hbond substituents is 6. The number of phenols is 6. The third-order valence-electron chi connectivity index (χ3n) is 16.5. The number of ether oxygens (including phenoxy) is 4. The number of morpholine rings is 1. The molecule has 7 aromatic rings. The van der Waals surface area contributed by atoms with Crippen molar-refractivity contribution < 1.29 is 88.3 Å². The zero-order valence-electron chi connectivity index (χ0n) is 49.1. The largest absolute Gasteiger partial charge is 0.508 e. The molecule has 17 bridgehead atoms. The number of nitrogens with zero attached hydrogens (tertiary/aromatic N) is 1. The number of aromatic hydroxyl groups is 6. The summed E-state index contributed by atoms with van der Waals surface area (Å²) in [6, 6.07) is 9.43. The Hall–Kier alpha value is -10.6. The van der Waals surface area contributed by atoms with Gasteiger partial charge in [0, 0.05) is 49.3 Å². The van der Waals surface area contributed by atoms with Crippen LogP contribution in [0.2, 0.25) is 10.0 Å². The lowest BCUT2D eigenvalue weighted by molar-refractivity contribution is -0.137. The first-order chi connectivity index (χ1) is 45.0. The van der Waals surface area contributed by atoms with Crippen molar-refractivity contribution in [2.75, 3.05) is 39.4 Å². The number of hydrogen-bond donors (Lipinski definition) is 15. The first kappa shape index (κ1) is 63.6. The quantitative estimate of drug-likeness (QED) is 0.103. The Balaban J connectivity index is 1.03. The predicted octanol–water partition coefficient (Wildman–Crippen LogP) is 4.74. The number of rotatable bonds is 5. The molecule has 7 amide bonds. The van der Waals surface area contributed by atoms with Crippen molar-refractivity contribution in [3.05, 3.63) is 164 Å². The van der Waals surface area contributed by atoms with Crippen molar-refractivity contribution in [2.24, 2.45) is 5.73 Å². The van der Waals surface area contributed by atoms with E-state index in [0.717, 1.165) is 48.5 Å². The van der Waals surface area contributed by atoms with Crippen LogP contribution in [0.4, 0.5) is 0 Å². The van der Waals surface area contributed by atoms with E-state index >= 15 is 19.2 Å². The molecule has 1 saturated heterocycles. The first-order valence-corrected chi connectivity index (χ1v) is 30.2. The molecular weight excluding hydrogens is 1270 g/mol. The number of nitrogens with two attached hydrogens (primary N) is 1. The summed E-state index contributed by atoms with van der Waals surface area (Å²) in [7, 11) is 0. The normalized spacial score (nSPS) is 22.2. The minimum absolute atomic E-state index is 0.0536. The molecule has 486 valence electrons. The smallest absolute Gasteiger partial charge is 0.248 e. The lowest BCUT2D eigenvalue weighted by Crippen LogP contribution is -2.56. The first-order valence-electron chi connectivity index (χ1n) is 29.4. The van der Waals surface area contributed by atoms with Crippen molar-refractivity contribution in [3.63, 3.8) is 0 Å². The molecule has 0 aliphatic carbocycles. The monoisotopic (exact) mass is 1320 g/mol. The van der Waals surface area contributed by atoms with Crippen LogP contribution in [0.5, 0.6) is 69.0 Å². The number of carbonyl (C=O) groups excluding carboxylic acids is 7. The van der Waals surface area contributed by atoms with Crippen molar-refractivity contribution >= 4 is 64.6 Å². The number of aliphatic hydroxyl groups is 1. The lowest BCUT2D eigenvalue weighted by Gasteiger charge is -2.31. The second-order valence-electron chi connectivity index (χ2n) is 22.9. The van der Waals surface area contributed by atoms with Gasteiger partial charge in [0.25, 0.3) is 0 Å². The van der Waals surface area contributed by atoms with Crippen LogP contribution in [0.3, 0.4) is 0 Å². The van der Waals surface area contributed by atoms with Crippen molar-refractivity contribution in [3.8, 4) is 80.1 Å². The van der Waals surface area contributed by atoms with Crippen LogP contribution in [-0.4, -0.2) is 133 Å². The van der Waals surface area contributed by atoms with Gasteiger partial charge in [-0.3, -0.25) is 38.5 Å². The third kappa shape index (κ3) is 13.1. The SMILES string of the molecule is N[C@H]1C(=O)N[C@@H]2Cc3ccc(c(Cl)c3)Oc3cc4cc(c3O)Oc3ccc(cc3Cl)[C@@H](O)[C@@H]3NC(=O)[C@H](NC(=O)[C@@H]4NC(=O)[C@@H](NC2=O)c2cc(O)cc(c2)Oc2cc1ccc2O)c1ccc(O)c(c1)-c1c(O)cc(O)cc1[C@@H](C(=O)NCCCN1CCOCC1)NC3=O. The Morgan fingerprint density at radius 1 is 0.553 bits per heavy atom. The maximum atomic E-state index is 15.9. The number of nitrogens with one attached hydrogen (secondary N) is 7. The van der Waals surface area contributed by atoms with E-state index in [2.05, 4.69) is 42.1 Å². The van der Waals surface area contributed by atoms with E-state index in [9.17, 15) is 50.1 Å². The summed E-state index contributed by atoms with van der Waals surface area (Å²) >= 11 is 13.8. The summed E-state index contributed by atoms with van der Waals surface area (Å²) in [5, 5.41) is 99.4. The molecule has 0 saturated carbocycles. The van der Waals surface area contributed by atoms with E-state index in [4.69, 9.17) is 47.9 Å². The molecule has 0 spiro atoms. The van der Waals surface area contributed by atoms with E-state index in [0.29, 0.717) is 44.8 Å². The van der Waals surface area contributed by atoms with E-state index in [1.54, 1.807) is 0 Å². The minimum atomic E-state index is -2.16. The zero-order chi connectivity index (χ0) is 66.4.